The molecule has 6 nitrogen and oxygen atoms in total. The smallest absolute Gasteiger partial charge is 0.226 e. The maximum atomic E-state index is 11.4. The highest BCUT2D eigenvalue weighted by Crippen LogP contribution is 2.34. The molecule has 0 saturated carbocycles. The normalized spacial score (nSPS) is 36.9. The number of amides is 1. The molecule has 0 aliphatic carbocycles. The molecule has 0 radical (unpaired) electrons. The Morgan fingerprint density at radius 1 is 1.31 bits per heavy atom. The molecule has 1 amide bonds. The molecule has 1 aliphatic heterocycles. The number of hydrogen-bond acceptors (Lipinski definition) is 5. The minimum atomic E-state index is -2.02. The molecule has 1 aliphatic rings. The monoisotopic (exact) mass is 233 g/mol. The molecule has 94 valence electrons. The van der Waals surface area contributed by atoms with Crippen molar-refractivity contribution < 1.29 is 25.2 Å². The van der Waals surface area contributed by atoms with Crippen molar-refractivity contribution in [1.29, 1.82) is 0 Å². The van der Waals surface area contributed by atoms with E-state index in [2.05, 4.69) is 5.32 Å². The van der Waals surface area contributed by atoms with Crippen molar-refractivity contribution in [1.82, 2.24) is 5.32 Å². The summed E-state index contributed by atoms with van der Waals surface area (Å²) in [5.74, 6) is -1.61. The Morgan fingerprint density at radius 2 is 1.81 bits per heavy atom. The van der Waals surface area contributed by atoms with E-state index in [-0.39, 0.29) is 5.92 Å². The standard InChI is InChI=1S/C10H19NO5/c1-4(2)6(12)10(9(15)16)7(13)5(3)8(14)11-10/h4-7,9,12-13,15-16H,1-3H3,(H,11,14)/t5-,6?,7+,10-/m1/s1. The van der Waals surface area contributed by atoms with Gasteiger partial charge in [-0.1, -0.05) is 20.8 Å². The first-order chi connectivity index (χ1) is 7.25. The molecule has 1 rings (SSSR count). The van der Waals surface area contributed by atoms with Gasteiger partial charge < -0.3 is 25.7 Å². The lowest BCUT2D eigenvalue weighted by molar-refractivity contribution is -0.181. The Hall–Kier alpha value is -0.690. The van der Waals surface area contributed by atoms with E-state index in [4.69, 9.17) is 0 Å². The van der Waals surface area contributed by atoms with Crippen LogP contribution in [0.3, 0.4) is 0 Å². The van der Waals surface area contributed by atoms with Crippen LogP contribution >= 0.6 is 0 Å². The molecule has 0 aromatic carbocycles. The van der Waals surface area contributed by atoms with E-state index in [9.17, 15) is 25.2 Å². The summed E-state index contributed by atoms with van der Waals surface area (Å²) >= 11 is 0. The Bertz CT molecular complexity index is 280. The number of aliphatic hydroxyl groups excluding tert-OH is 3. The maximum absolute atomic E-state index is 11.4. The molecule has 16 heavy (non-hydrogen) atoms. The van der Waals surface area contributed by atoms with Crippen LogP contribution in [0.1, 0.15) is 20.8 Å². The van der Waals surface area contributed by atoms with Crippen molar-refractivity contribution in [2.75, 3.05) is 0 Å². The number of hydrogen-bond donors (Lipinski definition) is 5. The van der Waals surface area contributed by atoms with Gasteiger partial charge in [0.05, 0.1) is 18.1 Å². The second-order valence-corrected chi connectivity index (χ2v) is 4.72. The second-order valence-electron chi connectivity index (χ2n) is 4.72. The van der Waals surface area contributed by atoms with Gasteiger partial charge in [-0.25, -0.2) is 0 Å². The summed E-state index contributed by atoms with van der Waals surface area (Å²) in [6.07, 6.45) is -4.59. The highest BCUT2D eigenvalue weighted by atomic mass is 16.5. The molecule has 0 spiro atoms. The predicted molar refractivity (Wildman–Crippen MR) is 55.1 cm³/mol. The third-order valence-electron chi connectivity index (χ3n) is 3.26. The zero-order valence-electron chi connectivity index (χ0n) is 9.58. The van der Waals surface area contributed by atoms with Gasteiger partial charge in [-0.2, -0.15) is 0 Å². The number of carbonyl (C=O) groups excluding carboxylic acids is 1. The van der Waals surface area contributed by atoms with E-state index < -0.39 is 35.9 Å². The van der Waals surface area contributed by atoms with E-state index in [1.807, 2.05) is 0 Å². The third kappa shape index (κ3) is 1.71. The number of rotatable bonds is 3. The first kappa shape index (κ1) is 13.4. The van der Waals surface area contributed by atoms with Crippen LogP contribution in [0.5, 0.6) is 0 Å². The zero-order chi connectivity index (χ0) is 12.7. The summed E-state index contributed by atoms with van der Waals surface area (Å²) in [7, 11) is 0. The minimum Gasteiger partial charge on any atom is -0.390 e. The highest BCUT2D eigenvalue weighted by Gasteiger charge is 2.59. The topological polar surface area (TPSA) is 110 Å². The van der Waals surface area contributed by atoms with E-state index in [0.717, 1.165) is 0 Å². The maximum Gasteiger partial charge on any atom is 0.226 e. The Labute approximate surface area is 93.9 Å². The molecule has 0 aromatic rings. The summed E-state index contributed by atoms with van der Waals surface area (Å²) in [5.41, 5.74) is -1.80. The SMILES string of the molecule is CC(C)C(O)[C@@]1(C(O)O)NC(=O)[C@H](C)[C@@H]1O. The lowest BCUT2D eigenvalue weighted by Crippen LogP contribution is -2.66. The summed E-state index contributed by atoms with van der Waals surface area (Å²) in [4.78, 5) is 11.4. The van der Waals surface area contributed by atoms with Crippen LogP contribution in [0, 0.1) is 11.8 Å². The quantitative estimate of drug-likeness (QED) is 0.369. The van der Waals surface area contributed by atoms with Crippen LogP contribution in [-0.4, -0.2) is 50.4 Å². The van der Waals surface area contributed by atoms with Gasteiger partial charge in [-0.05, 0) is 5.92 Å². The number of carbonyl (C=O) groups is 1. The first-order valence-corrected chi connectivity index (χ1v) is 5.29. The van der Waals surface area contributed by atoms with Crippen LogP contribution in [0.2, 0.25) is 0 Å². The van der Waals surface area contributed by atoms with Gasteiger partial charge in [-0.3, -0.25) is 4.79 Å². The van der Waals surface area contributed by atoms with Gasteiger partial charge in [0.15, 0.2) is 6.29 Å². The van der Waals surface area contributed by atoms with Crippen molar-refractivity contribution in [3.05, 3.63) is 0 Å². The molecule has 1 saturated heterocycles. The molecular weight excluding hydrogens is 214 g/mol. The minimum absolute atomic E-state index is 0.331. The lowest BCUT2D eigenvalue weighted by atomic mass is 9.79. The van der Waals surface area contributed by atoms with Crippen LogP contribution in [0.15, 0.2) is 0 Å². The summed E-state index contributed by atoms with van der Waals surface area (Å²) in [6.45, 7) is 4.80. The van der Waals surface area contributed by atoms with Gasteiger partial charge in [0.25, 0.3) is 0 Å². The van der Waals surface area contributed by atoms with Gasteiger partial charge in [0, 0.05) is 0 Å². The van der Waals surface area contributed by atoms with Gasteiger partial charge in [0.1, 0.15) is 5.54 Å². The predicted octanol–water partition coefficient (Wildman–Crippen LogP) is -1.82. The molecule has 1 fully saturated rings. The highest BCUT2D eigenvalue weighted by molar-refractivity contribution is 5.83. The Kier molecular flexibility index (Phi) is 3.59. The van der Waals surface area contributed by atoms with Crippen molar-refractivity contribution in [2.24, 2.45) is 11.8 Å². The molecule has 1 unspecified atom stereocenters. The fraction of sp³-hybridized carbons (Fsp3) is 0.900. The van der Waals surface area contributed by atoms with Gasteiger partial charge >= 0.3 is 0 Å². The molecule has 4 atom stereocenters. The fourth-order valence-corrected chi connectivity index (χ4v) is 2.13. The molecule has 0 aromatic heterocycles. The Morgan fingerprint density at radius 3 is 2.06 bits per heavy atom. The van der Waals surface area contributed by atoms with Crippen molar-refractivity contribution >= 4 is 5.91 Å². The average molecular weight is 233 g/mol. The molecule has 5 N–H and O–H groups in total. The Balaban J connectivity index is 3.13. The fourth-order valence-electron chi connectivity index (χ4n) is 2.13. The van der Waals surface area contributed by atoms with Crippen LogP contribution in [-0.2, 0) is 4.79 Å². The van der Waals surface area contributed by atoms with E-state index in [1.54, 1.807) is 13.8 Å². The molecular formula is C10H19NO5. The average Bonchev–Trinajstić information content (AvgIpc) is 2.42. The van der Waals surface area contributed by atoms with Gasteiger partial charge in [-0.15, -0.1) is 0 Å². The van der Waals surface area contributed by atoms with Crippen LogP contribution in [0.4, 0.5) is 0 Å². The first-order valence-electron chi connectivity index (χ1n) is 5.29. The number of nitrogens with one attached hydrogen (secondary N) is 1. The zero-order valence-corrected chi connectivity index (χ0v) is 9.58. The lowest BCUT2D eigenvalue weighted by Gasteiger charge is -2.40. The summed E-state index contributed by atoms with van der Waals surface area (Å²) < 4.78 is 0. The van der Waals surface area contributed by atoms with Crippen molar-refractivity contribution in [2.45, 2.75) is 44.8 Å². The van der Waals surface area contributed by atoms with Gasteiger partial charge in [0.2, 0.25) is 5.91 Å². The molecule has 0 bridgehead atoms. The number of aliphatic hydroxyl groups is 4. The molecule has 6 heteroatoms. The van der Waals surface area contributed by atoms with E-state index >= 15 is 0 Å². The largest absolute Gasteiger partial charge is 0.390 e. The van der Waals surface area contributed by atoms with Crippen LogP contribution < -0.4 is 5.32 Å². The van der Waals surface area contributed by atoms with E-state index in [0.29, 0.717) is 0 Å². The van der Waals surface area contributed by atoms with Crippen molar-refractivity contribution in [3.8, 4) is 0 Å². The molecule has 1 heterocycles. The van der Waals surface area contributed by atoms with Crippen molar-refractivity contribution in [3.63, 3.8) is 0 Å². The second kappa shape index (κ2) is 4.29. The van der Waals surface area contributed by atoms with E-state index in [1.165, 1.54) is 6.92 Å². The summed E-state index contributed by atoms with van der Waals surface area (Å²) in [6, 6.07) is 0. The third-order valence-corrected chi connectivity index (χ3v) is 3.26. The van der Waals surface area contributed by atoms with Crippen LogP contribution in [0.25, 0.3) is 0 Å². The summed E-state index contributed by atoms with van der Waals surface area (Å²) in [5, 5.41) is 40.9.